The second-order valence-corrected chi connectivity index (χ2v) is 5.93. The van der Waals surface area contributed by atoms with Crippen LogP contribution in [0.2, 0.25) is 0 Å². The molecule has 0 saturated heterocycles. The van der Waals surface area contributed by atoms with Gasteiger partial charge >= 0.3 is 0 Å². The van der Waals surface area contributed by atoms with Crippen molar-refractivity contribution in [2.24, 2.45) is 5.73 Å². The molecule has 1 aromatic carbocycles. The highest BCUT2D eigenvalue weighted by Gasteiger charge is 2.16. The summed E-state index contributed by atoms with van der Waals surface area (Å²) in [7, 11) is -3.66. The fraction of sp³-hybridized carbons (Fsp3) is 0.364. The minimum atomic E-state index is -3.66. The molecule has 0 saturated carbocycles. The lowest BCUT2D eigenvalue weighted by Gasteiger charge is -2.10. The van der Waals surface area contributed by atoms with E-state index in [2.05, 4.69) is 4.72 Å². The topological polar surface area (TPSA) is 145 Å². The zero-order chi connectivity index (χ0) is 15.2. The van der Waals surface area contributed by atoms with E-state index in [0.29, 0.717) is 11.4 Å². The van der Waals surface area contributed by atoms with Gasteiger partial charge in [0, 0.05) is 12.2 Å². The Balaban J connectivity index is 2.36. The van der Waals surface area contributed by atoms with Crippen molar-refractivity contribution in [1.29, 1.82) is 0 Å². The summed E-state index contributed by atoms with van der Waals surface area (Å²) in [6, 6.07) is 6.50. The number of hydrogen-bond acceptors (Lipinski definition) is 6. The Morgan fingerprint density at radius 3 is 2.50 bits per heavy atom. The summed E-state index contributed by atoms with van der Waals surface area (Å²) >= 11 is 0. The number of nitrogens with one attached hydrogen (secondary N) is 1. The first-order chi connectivity index (χ1) is 9.30. The Hall–Kier alpha value is -1.84. The van der Waals surface area contributed by atoms with Gasteiger partial charge in [-0.25, -0.2) is 13.1 Å². The molecule has 8 nitrogen and oxygen atoms in total. The smallest absolute Gasteiger partial charge is 0.247 e. The summed E-state index contributed by atoms with van der Waals surface area (Å²) < 4.78 is 30.3. The van der Waals surface area contributed by atoms with Gasteiger partial charge in [0.25, 0.3) is 0 Å². The summed E-state index contributed by atoms with van der Waals surface area (Å²) in [6.45, 7) is -0.536. The number of sulfonamides is 1. The number of aliphatic hydroxyl groups is 1. The van der Waals surface area contributed by atoms with Crippen LogP contribution in [-0.2, 0) is 14.8 Å². The maximum absolute atomic E-state index is 11.5. The second-order valence-electron chi connectivity index (χ2n) is 4.00. The highest BCUT2D eigenvalue weighted by atomic mass is 32.2. The van der Waals surface area contributed by atoms with E-state index >= 15 is 0 Å². The average Bonchev–Trinajstić information content (AvgIpc) is 2.38. The molecular formula is C11H17N3O5S. The number of benzene rings is 1. The third-order valence-electron chi connectivity index (χ3n) is 2.33. The quantitative estimate of drug-likeness (QED) is 0.426. The van der Waals surface area contributed by atoms with Crippen LogP contribution < -0.4 is 20.9 Å². The number of aliphatic hydroxyl groups excluding tert-OH is 1. The molecule has 0 aliphatic carbocycles. The van der Waals surface area contributed by atoms with Crippen LogP contribution in [-0.4, -0.2) is 44.4 Å². The van der Waals surface area contributed by atoms with Gasteiger partial charge in [-0.15, -0.1) is 0 Å². The van der Waals surface area contributed by atoms with Gasteiger partial charge in [0.05, 0.1) is 5.75 Å². The fourth-order valence-corrected chi connectivity index (χ4v) is 2.07. The molecular weight excluding hydrogens is 286 g/mol. The standard InChI is InChI=1S/C11H17N3O5S/c12-8-1-3-9(4-2-8)19-5-6-20(17,18)14-7-10(15)11(13)16/h1-4,10,14-15H,5-7,12H2,(H2,13,16). The predicted molar refractivity (Wildman–Crippen MR) is 73.3 cm³/mol. The minimum Gasteiger partial charge on any atom is -0.492 e. The van der Waals surface area contributed by atoms with E-state index in [0.717, 1.165) is 0 Å². The Labute approximate surface area is 116 Å². The van der Waals surface area contributed by atoms with E-state index in [9.17, 15) is 13.2 Å². The van der Waals surface area contributed by atoms with E-state index in [-0.39, 0.29) is 12.4 Å². The lowest BCUT2D eigenvalue weighted by atomic mass is 10.3. The van der Waals surface area contributed by atoms with Gasteiger partial charge in [0.2, 0.25) is 15.9 Å². The van der Waals surface area contributed by atoms with E-state index in [1.54, 1.807) is 24.3 Å². The van der Waals surface area contributed by atoms with Gasteiger partial charge < -0.3 is 21.3 Å². The third kappa shape index (κ3) is 5.87. The first-order valence-electron chi connectivity index (χ1n) is 5.73. The van der Waals surface area contributed by atoms with Crippen LogP contribution in [0.25, 0.3) is 0 Å². The van der Waals surface area contributed by atoms with Crippen molar-refractivity contribution in [1.82, 2.24) is 4.72 Å². The minimum absolute atomic E-state index is 0.0775. The molecule has 6 N–H and O–H groups in total. The van der Waals surface area contributed by atoms with Crippen molar-refractivity contribution in [2.75, 3.05) is 24.6 Å². The molecule has 1 amide bonds. The monoisotopic (exact) mass is 303 g/mol. The number of hydrogen-bond donors (Lipinski definition) is 4. The van der Waals surface area contributed by atoms with Crippen molar-refractivity contribution in [3.8, 4) is 5.75 Å². The molecule has 0 aliphatic heterocycles. The van der Waals surface area contributed by atoms with Crippen LogP contribution in [0.3, 0.4) is 0 Å². The SMILES string of the molecule is NC(=O)C(O)CNS(=O)(=O)CCOc1ccc(N)cc1. The maximum Gasteiger partial charge on any atom is 0.247 e. The molecule has 1 atom stereocenters. The molecule has 0 fully saturated rings. The molecule has 1 rings (SSSR count). The van der Waals surface area contributed by atoms with Gasteiger partial charge in [0.1, 0.15) is 18.5 Å². The van der Waals surface area contributed by atoms with Crippen LogP contribution in [0.15, 0.2) is 24.3 Å². The summed E-state index contributed by atoms with van der Waals surface area (Å²) in [5, 5.41) is 9.07. The zero-order valence-corrected chi connectivity index (χ0v) is 11.5. The fourth-order valence-electron chi connectivity index (χ4n) is 1.21. The molecule has 0 spiro atoms. The largest absolute Gasteiger partial charge is 0.492 e. The summed E-state index contributed by atoms with van der Waals surface area (Å²) in [5.74, 6) is -0.819. The third-order valence-corrected chi connectivity index (χ3v) is 3.64. The first-order valence-corrected chi connectivity index (χ1v) is 7.38. The van der Waals surface area contributed by atoms with Crippen molar-refractivity contribution in [3.63, 3.8) is 0 Å². The number of primary amides is 1. The molecule has 0 aromatic heterocycles. The average molecular weight is 303 g/mol. The van der Waals surface area contributed by atoms with Gasteiger partial charge in [0.15, 0.2) is 0 Å². The van der Waals surface area contributed by atoms with Crippen molar-refractivity contribution in [2.45, 2.75) is 6.10 Å². The van der Waals surface area contributed by atoms with Crippen LogP contribution in [0.4, 0.5) is 5.69 Å². The predicted octanol–water partition coefficient (Wildman–Crippen LogP) is -1.59. The molecule has 1 unspecified atom stereocenters. The van der Waals surface area contributed by atoms with Gasteiger partial charge in [-0.1, -0.05) is 0 Å². The lowest BCUT2D eigenvalue weighted by Crippen LogP contribution is -2.41. The molecule has 0 bridgehead atoms. The van der Waals surface area contributed by atoms with Crippen molar-refractivity contribution < 1.29 is 23.1 Å². The maximum atomic E-state index is 11.5. The van der Waals surface area contributed by atoms with Crippen LogP contribution >= 0.6 is 0 Å². The summed E-state index contributed by atoms with van der Waals surface area (Å²) in [4.78, 5) is 10.5. The van der Waals surface area contributed by atoms with Gasteiger partial charge in [-0.05, 0) is 24.3 Å². The number of anilines is 1. The van der Waals surface area contributed by atoms with Crippen molar-refractivity contribution >= 4 is 21.6 Å². The molecule has 9 heteroatoms. The molecule has 0 radical (unpaired) electrons. The summed E-state index contributed by atoms with van der Waals surface area (Å²) in [6.07, 6.45) is -1.55. The van der Waals surface area contributed by atoms with Crippen LogP contribution in [0.5, 0.6) is 5.75 Å². The van der Waals surface area contributed by atoms with Crippen LogP contribution in [0.1, 0.15) is 0 Å². The normalized spacial score (nSPS) is 12.8. The number of carbonyl (C=O) groups excluding carboxylic acids is 1. The number of carbonyl (C=O) groups is 1. The van der Waals surface area contributed by atoms with E-state index < -0.39 is 28.6 Å². The van der Waals surface area contributed by atoms with Crippen molar-refractivity contribution in [3.05, 3.63) is 24.3 Å². The number of nitrogens with two attached hydrogens (primary N) is 2. The highest BCUT2D eigenvalue weighted by molar-refractivity contribution is 7.89. The molecule has 20 heavy (non-hydrogen) atoms. The number of nitrogen functional groups attached to an aromatic ring is 1. The molecule has 1 aromatic rings. The Kier molecular flexibility index (Phi) is 5.74. The number of amides is 1. The highest BCUT2D eigenvalue weighted by Crippen LogP contribution is 2.12. The first kappa shape index (κ1) is 16.2. The second kappa shape index (κ2) is 7.08. The molecule has 112 valence electrons. The lowest BCUT2D eigenvalue weighted by molar-refractivity contribution is -0.125. The molecule has 0 heterocycles. The number of ether oxygens (including phenoxy) is 1. The Morgan fingerprint density at radius 1 is 1.35 bits per heavy atom. The van der Waals surface area contributed by atoms with Gasteiger partial charge in [-0.3, -0.25) is 4.79 Å². The van der Waals surface area contributed by atoms with E-state index in [1.165, 1.54) is 0 Å². The Morgan fingerprint density at radius 2 is 1.95 bits per heavy atom. The van der Waals surface area contributed by atoms with E-state index in [1.807, 2.05) is 0 Å². The van der Waals surface area contributed by atoms with Crippen LogP contribution in [0, 0.1) is 0 Å². The Bertz CT molecular complexity index is 544. The molecule has 0 aliphatic rings. The number of rotatable bonds is 8. The van der Waals surface area contributed by atoms with E-state index in [4.69, 9.17) is 21.3 Å². The van der Waals surface area contributed by atoms with Gasteiger partial charge in [-0.2, -0.15) is 0 Å². The summed E-state index contributed by atoms with van der Waals surface area (Å²) in [5.41, 5.74) is 10.9. The zero-order valence-electron chi connectivity index (χ0n) is 10.7.